The van der Waals surface area contributed by atoms with E-state index < -0.39 is 0 Å². The van der Waals surface area contributed by atoms with E-state index in [-0.39, 0.29) is 17.8 Å². The molecule has 1 amide bonds. The second-order valence-electron chi connectivity index (χ2n) is 5.99. The van der Waals surface area contributed by atoms with Crippen LogP contribution in [0.2, 0.25) is 0 Å². The predicted octanol–water partition coefficient (Wildman–Crippen LogP) is 2.79. The summed E-state index contributed by atoms with van der Waals surface area (Å²) in [5.74, 6) is -0.0996. The fraction of sp³-hybridized carbons (Fsp3) is 0.368. The van der Waals surface area contributed by atoms with Crippen LogP contribution in [0.25, 0.3) is 10.8 Å². The lowest BCUT2D eigenvalue weighted by Crippen LogP contribution is -2.41. The number of benzene rings is 2. The minimum Gasteiger partial charge on any atom is -0.469 e. The molecule has 1 heterocycles. The number of hydrogen-bond acceptors (Lipinski definition) is 3. The number of hydrogen-bond donors (Lipinski definition) is 0. The lowest BCUT2D eigenvalue weighted by Gasteiger charge is -2.30. The Morgan fingerprint density at radius 2 is 1.78 bits per heavy atom. The molecule has 2 aromatic rings. The SMILES string of the molecule is COC(=O)C1CCN(C(=O)Cc2cccc3ccccc23)CC1. The summed E-state index contributed by atoms with van der Waals surface area (Å²) in [7, 11) is 1.42. The number of carbonyl (C=O) groups is 2. The smallest absolute Gasteiger partial charge is 0.308 e. The quantitative estimate of drug-likeness (QED) is 0.819. The van der Waals surface area contributed by atoms with Crippen molar-refractivity contribution in [3.8, 4) is 0 Å². The molecule has 1 aliphatic rings. The van der Waals surface area contributed by atoms with Crippen LogP contribution in [0.3, 0.4) is 0 Å². The Labute approximate surface area is 136 Å². The zero-order valence-corrected chi connectivity index (χ0v) is 13.3. The molecular weight excluding hydrogens is 290 g/mol. The Balaban J connectivity index is 1.67. The van der Waals surface area contributed by atoms with Crippen molar-refractivity contribution in [2.45, 2.75) is 19.3 Å². The predicted molar refractivity (Wildman–Crippen MR) is 89.0 cm³/mol. The molecular formula is C19H21NO3. The van der Waals surface area contributed by atoms with Crippen LogP contribution in [0.5, 0.6) is 0 Å². The summed E-state index contributed by atoms with van der Waals surface area (Å²) in [6.07, 6.45) is 1.78. The maximum atomic E-state index is 12.6. The van der Waals surface area contributed by atoms with Crippen molar-refractivity contribution in [2.75, 3.05) is 20.2 Å². The molecule has 1 saturated heterocycles. The summed E-state index contributed by atoms with van der Waals surface area (Å²) >= 11 is 0. The number of nitrogens with zero attached hydrogens (tertiary/aromatic N) is 1. The number of ether oxygens (including phenoxy) is 1. The molecule has 2 aromatic carbocycles. The average molecular weight is 311 g/mol. The molecule has 0 spiro atoms. The molecule has 0 radical (unpaired) electrons. The normalized spacial score (nSPS) is 15.6. The first kappa shape index (κ1) is 15.5. The molecule has 4 heteroatoms. The van der Waals surface area contributed by atoms with E-state index in [2.05, 4.69) is 18.2 Å². The van der Waals surface area contributed by atoms with Crippen LogP contribution in [0.1, 0.15) is 18.4 Å². The maximum absolute atomic E-state index is 12.6. The lowest BCUT2D eigenvalue weighted by molar-refractivity contribution is -0.148. The van der Waals surface area contributed by atoms with Gasteiger partial charge >= 0.3 is 5.97 Å². The number of fused-ring (bicyclic) bond motifs is 1. The Morgan fingerprint density at radius 1 is 1.09 bits per heavy atom. The van der Waals surface area contributed by atoms with Crippen LogP contribution in [0.4, 0.5) is 0 Å². The van der Waals surface area contributed by atoms with Gasteiger partial charge in [0.15, 0.2) is 0 Å². The topological polar surface area (TPSA) is 46.6 Å². The Hall–Kier alpha value is -2.36. The molecule has 0 N–H and O–H groups in total. The summed E-state index contributed by atoms with van der Waals surface area (Å²) < 4.78 is 4.79. The highest BCUT2D eigenvalue weighted by Gasteiger charge is 2.27. The third-order valence-corrected chi connectivity index (χ3v) is 4.60. The summed E-state index contributed by atoms with van der Waals surface area (Å²) in [5.41, 5.74) is 1.06. The van der Waals surface area contributed by atoms with E-state index in [0.29, 0.717) is 32.4 Å². The van der Waals surface area contributed by atoms with Gasteiger partial charge in [-0.2, -0.15) is 0 Å². The third kappa shape index (κ3) is 3.36. The van der Waals surface area contributed by atoms with Gasteiger partial charge in [0.25, 0.3) is 0 Å². The van der Waals surface area contributed by atoms with E-state index in [1.165, 1.54) is 7.11 Å². The van der Waals surface area contributed by atoms with Gasteiger partial charge in [-0.15, -0.1) is 0 Å². The van der Waals surface area contributed by atoms with Gasteiger partial charge in [0.2, 0.25) is 5.91 Å². The Kier molecular flexibility index (Phi) is 4.60. The van der Waals surface area contributed by atoms with Crippen LogP contribution in [0, 0.1) is 5.92 Å². The minimum atomic E-state index is -0.161. The molecule has 1 fully saturated rings. The molecule has 0 atom stereocenters. The summed E-state index contributed by atoms with van der Waals surface area (Å²) in [5, 5.41) is 2.29. The first-order valence-corrected chi connectivity index (χ1v) is 8.01. The maximum Gasteiger partial charge on any atom is 0.308 e. The van der Waals surface area contributed by atoms with Crippen LogP contribution in [-0.2, 0) is 20.7 Å². The highest BCUT2D eigenvalue weighted by atomic mass is 16.5. The highest BCUT2D eigenvalue weighted by molar-refractivity contribution is 5.90. The van der Waals surface area contributed by atoms with Gasteiger partial charge in [-0.05, 0) is 29.2 Å². The van der Waals surface area contributed by atoms with Crippen LogP contribution in [-0.4, -0.2) is 37.0 Å². The zero-order chi connectivity index (χ0) is 16.2. The molecule has 23 heavy (non-hydrogen) atoms. The van der Waals surface area contributed by atoms with E-state index in [0.717, 1.165) is 16.3 Å². The number of rotatable bonds is 3. The molecule has 0 saturated carbocycles. The summed E-state index contributed by atoms with van der Waals surface area (Å²) in [6.45, 7) is 1.26. The van der Waals surface area contributed by atoms with Gasteiger partial charge in [-0.3, -0.25) is 9.59 Å². The van der Waals surface area contributed by atoms with Crippen molar-refractivity contribution in [3.63, 3.8) is 0 Å². The Morgan fingerprint density at radius 3 is 2.52 bits per heavy atom. The van der Waals surface area contributed by atoms with Gasteiger partial charge in [-0.1, -0.05) is 42.5 Å². The van der Waals surface area contributed by atoms with Gasteiger partial charge in [0.05, 0.1) is 19.4 Å². The van der Waals surface area contributed by atoms with Crippen LogP contribution < -0.4 is 0 Å². The molecule has 0 aliphatic carbocycles. The Bertz CT molecular complexity index is 712. The summed E-state index contributed by atoms with van der Waals surface area (Å²) in [4.78, 5) is 26.0. The number of piperidine rings is 1. The highest BCUT2D eigenvalue weighted by Crippen LogP contribution is 2.22. The number of likely N-dealkylation sites (tertiary alicyclic amines) is 1. The second kappa shape index (κ2) is 6.82. The van der Waals surface area contributed by atoms with Crippen LogP contribution >= 0.6 is 0 Å². The molecule has 0 aromatic heterocycles. The van der Waals surface area contributed by atoms with Crippen molar-refractivity contribution in [3.05, 3.63) is 48.0 Å². The first-order valence-electron chi connectivity index (χ1n) is 8.01. The minimum absolute atomic E-state index is 0.0680. The first-order chi connectivity index (χ1) is 11.2. The van der Waals surface area contributed by atoms with Crippen molar-refractivity contribution in [1.82, 2.24) is 4.90 Å². The van der Waals surface area contributed by atoms with Gasteiger partial charge in [0, 0.05) is 13.1 Å². The van der Waals surface area contributed by atoms with E-state index in [1.807, 2.05) is 29.2 Å². The average Bonchev–Trinajstić information content (AvgIpc) is 2.61. The molecule has 0 unspecified atom stereocenters. The largest absolute Gasteiger partial charge is 0.469 e. The molecule has 3 rings (SSSR count). The monoisotopic (exact) mass is 311 g/mol. The van der Waals surface area contributed by atoms with Crippen LogP contribution in [0.15, 0.2) is 42.5 Å². The van der Waals surface area contributed by atoms with Gasteiger partial charge < -0.3 is 9.64 Å². The molecule has 0 bridgehead atoms. The number of methoxy groups -OCH3 is 1. The summed E-state index contributed by atoms with van der Waals surface area (Å²) in [6, 6.07) is 14.2. The van der Waals surface area contributed by atoms with E-state index in [1.54, 1.807) is 0 Å². The fourth-order valence-electron chi connectivity index (χ4n) is 3.25. The van der Waals surface area contributed by atoms with Gasteiger partial charge in [-0.25, -0.2) is 0 Å². The van der Waals surface area contributed by atoms with Crippen molar-refractivity contribution in [1.29, 1.82) is 0 Å². The van der Waals surface area contributed by atoms with Gasteiger partial charge in [0.1, 0.15) is 0 Å². The van der Waals surface area contributed by atoms with E-state index in [9.17, 15) is 9.59 Å². The van der Waals surface area contributed by atoms with Crippen molar-refractivity contribution < 1.29 is 14.3 Å². The third-order valence-electron chi connectivity index (χ3n) is 4.60. The lowest BCUT2D eigenvalue weighted by atomic mass is 9.96. The number of esters is 1. The zero-order valence-electron chi connectivity index (χ0n) is 13.3. The molecule has 120 valence electrons. The van der Waals surface area contributed by atoms with E-state index >= 15 is 0 Å². The number of carbonyl (C=O) groups excluding carboxylic acids is 2. The van der Waals surface area contributed by atoms with Crippen molar-refractivity contribution >= 4 is 22.6 Å². The second-order valence-corrected chi connectivity index (χ2v) is 5.99. The number of amides is 1. The van der Waals surface area contributed by atoms with E-state index in [4.69, 9.17) is 4.74 Å². The molecule has 4 nitrogen and oxygen atoms in total. The fourth-order valence-corrected chi connectivity index (χ4v) is 3.25. The standard InChI is InChI=1S/C19H21NO3/c1-23-19(22)15-9-11-20(12-10-15)18(21)13-16-7-4-6-14-5-2-3-8-17(14)16/h2-8,15H,9-13H2,1H3. The van der Waals surface area contributed by atoms with Crippen molar-refractivity contribution in [2.24, 2.45) is 5.92 Å². The molecule has 1 aliphatic heterocycles.